The summed E-state index contributed by atoms with van der Waals surface area (Å²) in [6, 6.07) is 14.1. The summed E-state index contributed by atoms with van der Waals surface area (Å²) in [5.74, 6) is 1.52. The average Bonchev–Trinajstić information content (AvgIpc) is 3.02. The van der Waals surface area contributed by atoms with Crippen molar-refractivity contribution in [2.75, 3.05) is 12.5 Å². The first-order valence-corrected chi connectivity index (χ1v) is 7.55. The molecule has 23 heavy (non-hydrogen) atoms. The minimum atomic E-state index is 0.673. The minimum Gasteiger partial charge on any atom is -0.497 e. The zero-order chi connectivity index (χ0) is 15.6. The number of rotatable bonds is 3. The van der Waals surface area contributed by atoms with Gasteiger partial charge in [-0.05, 0) is 30.5 Å². The second-order valence-corrected chi connectivity index (χ2v) is 5.47. The number of ether oxygens (including phenoxy) is 1. The van der Waals surface area contributed by atoms with Crippen molar-refractivity contribution in [2.45, 2.75) is 12.8 Å². The highest BCUT2D eigenvalue weighted by Gasteiger charge is 2.18. The Morgan fingerprint density at radius 2 is 2.04 bits per heavy atom. The first-order valence-electron chi connectivity index (χ1n) is 7.55. The molecule has 0 spiro atoms. The maximum Gasteiger partial charge on any atom is 0.176 e. The molecule has 0 bridgehead atoms. The van der Waals surface area contributed by atoms with Crippen LogP contribution in [0.1, 0.15) is 17.5 Å². The molecule has 5 heteroatoms. The van der Waals surface area contributed by atoms with Crippen LogP contribution in [-0.2, 0) is 6.42 Å². The van der Waals surface area contributed by atoms with Crippen molar-refractivity contribution in [3.8, 4) is 5.75 Å². The molecule has 0 aliphatic heterocycles. The van der Waals surface area contributed by atoms with Gasteiger partial charge in [0.15, 0.2) is 5.82 Å². The molecule has 0 fully saturated rings. The third-order valence-electron chi connectivity index (χ3n) is 4.13. The lowest BCUT2D eigenvalue weighted by molar-refractivity contribution is 0.414. The molecular formula is C18H16N4O. The largest absolute Gasteiger partial charge is 0.497 e. The molecule has 1 N–H and O–H groups in total. The lowest BCUT2D eigenvalue weighted by Gasteiger charge is -2.06. The predicted octanol–water partition coefficient (Wildman–Crippen LogP) is 3.40. The molecule has 1 aromatic heterocycles. The van der Waals surface area contributed by atoms with Gasteiger partial charge < -0.3 is 4.74 Å². The van der Waals surface area contributed by atoms with E-state index in [-0.39, 0.29) is 0 Å². The molecule has 5 nitrogen and oxygen atoms in total. The fraction of sp³-hybridized carbons (Fsp3) is 0.167. The van der Waals surface area contributed by atoms with E-state index in [1.807, 2.05) is 36.4 Å². The van der Waals surface area contributed by atoms with Gasteiger partial charge >= 0.3 is 0 Å². The Hall–Kier alpha value is -2.95. The van der Waals surface area contributed by atoms with Crippen molar-refractivity contribution in [2.24, 2.45) is 5.10 Å². The summed E-state index contributed by atoms with van der Waals surface area (Å²) in [6.45, 7) is 0. The lowest BCUT2D eigenvalue weighted by Crippen LogP contribution is -2.02. The number of aryl methyl sites for hydroxylation is 1. The van der Waals surface area contributed by atoms with Crippen molar-refractivity contribution >= 4 is 22.3 Å². The number of nitrogens with zero attached hydrogens (tertiary/aromatic N) is 3. The number of nitrogens with one attached hydrogen (secondary N) is 1. The van der Waals surface area contributed by atoms with Gasteiger partial charge in [0.1, 0.15) is 5.75 Å². The van der Waals surface area contributed by atoms with Crippen molar-refractivity contribution < 1.29 is 4.74 Å². The van der Waals surface area contributed by atoms with Gasteiger partial charge in [-0.1, -0.05) is 30.3 Å². The first-order chi connectivity index (χ1) is 11.3. The van der Waals surface area contributed by atoms with Crippen LogP contribution >= 0.6 is 0 Å². The molecule has 0 radical (unpaired) electrons. The standard InChI is InChI=1S/C18H16N4O/c1-23-14-8-6-12-7-9-17(16(12)10-14)20-22-18-15-5-3-2-4-13(15)11-19-21-18/h2-6,8,10-11H,7,9H2,1H3,(H,21,22). The van der Waals surface area contributed by atoms with E-state index in [1.54, 1.807) is 13.3 Å². The minimum absolute atomic E-state index is 0.673. The fourth-order valence-electron chi connectivity index (χ4n) is 2.90. The molecular weight excluding hydrogens is 288 g/mol. The summed E-state index contributed by atoms with van der Waals surface area (Å²) in [7, 11) is 1.68. The van der Waals surface area contributed by atoms with Gasteiger partial charge in [0.05, 0.1) is 19.0 Å². The van der Waals surface area contributed by atoms with E-state index in [1.165, 1.54) is 5.56 Å². The molecule has 2 aromatic carbocycles. The van der Waals surface area contributed by atoms with E-state index in [4.69, 9.17) is 4.74 Å². The van der Waals surface area contributed by atoms with Crippen molar-refractivity contribution in [3.63, 3.8) is 0 Å². The zero-order valence-electron chi connectivity index (χ0n) is 12.8. The summed E-state index contributed by atoms with van der Waals surface area (Å²) in [5, 5.41) is 14.8. The molecule has 0 unspecified atom stereocenters. The highest BCUT2D eigenvalue weighted by atomic mass is 16.5. The molecule has 114 valence electrons. The van der Waals surface area contributed by atoms with E-state index in [0.717, 1.165) is 40.6 Å². The van der Waals surface area contributed by atoms with Crippen LogP contribution in [0.5, 0.6) is 5.75 Å². The number of methoxy groups -OCH3 is 1. The maximum absolute atomic E-state index is 5.31. The quantitative estimate of drug-likeness (QED) is 0.753. The number of benzene rings is 2. The van der Waals surface area contributed by atoms with Gasteiger partial charge in [0, 0.05) is 16.3 Å². The average molecular weight is 304 g/mol. The summed E-state index contributed by atoms with van der Waals surface area (Å²) >= 11 is 0. The lowest BCUT2D eigenvalue weighted by atomic mass is 10.1. The number of hydrogen-bond acceptors (Lipinski definition) is 5. The number of aromatic nitrogens is 2. The summed E-state index contributed by atoms with van der Waals surface area (Å²) < 4.78 is 5.31. The molecule has 0 atom stereocenters. The Kier molecular flexibility index (Phi) is 3.38. The Bertz CT molecular complexity index is 899. The van der Waals surface area contributed by atoms with Crippen LogP contribution in [0.3, 0.4) is 0 Å². The van der Waals surface area contributed by atoms with E-state index in [0.29, 0.717) is 5.82 Å². The second kappa shape index (κ2) is 5.68. The van der Waals surface area contributed by atoms with Gasteiger partial charge in [-0.25, -0.2) is 0 Å². The first kappa shape index (κ1) is 13.7. The van der Waals surface area contributed by atoms with Gasteiger partial charge in [0.25, 0.3) is 0 Å². The molecule has 3 aromatic rings. The van der Waals surface area contributed by atoms with Gasteiger partial charge in [-0.3, -0.25) is 5.43 Å². The number of anilines is 1. The molecule has 1 aliphatic carbocycles. The third kappa shape index (κ3) is 2.50. The van der Waals surface area contributed by atoms with Crippen LogP contribution < -0.4 is 10.2 Å². The molecule has 1 aliphatic rings. The molecule has 0 saturated heterocycles. The van der Waals surface area contributed by atoms with Gasteiger partial charge in [0.2, 0.25) is 0 Å². The summed E-state index contributed by atoms with van der Waals surface area (Å²) in [4.78, 5) is 0. The molecule has 0 amide bonds. The molecule has 1 heterocycles. The van der Waals surface area contributed by atoms with E-state index < -0.39 is 0 Å². The Morgan fingerprint density at radius 3 is 2.96 bits per heavy atom. The molecule has 0 saturated carbocycles. The van der Waals surface area contributed by atoms with Crippen LogP contribution in [0, 0.1) is 0 Å². The highest BCUT2D eigenvalue weighted by Crippen LogP contribution is 2.27. The third-order valence-corrected chi connectivity index (χ3v) is 4.13. The van der Waals surface area contributed by atoms with Crippen LogP contribution in [-0.4, -0.2) is 23.0 Å². The predicted molar refractivity (Wildman–Crippen MR) is 91.0 cm³/mol. The second-order valence-electron chi connectivity index (χ2n) is 5.47. The SMILES string of the molecule is COc1ccc2c(c1)C(=NNc1nncc3ccccc13)CC2. The summed E-state index contributed by atoms with van der Waals surface area (Å²) in [5.41, 5.74) is 6.55. The highest BCUT2D eigenvalue weighted by molar-refractivity contribution is 6.05. The van der Waals surface area contributed by atoms with Crippen LogP contribution in [0.15, 0.2) is 53.8 Å². The Balaban J connectivity index is 1.68. The zero-order valence-corrected chi connectivity index (χ0v) is 12.8. The Labute approximate surface area is 134 Å². The topological polar surface area (TPSA) is 59.4 Å². The van der Waals surface area contributed by atoms with Crippen LogP contribution in [0.2, 0.25) is 0 Å². The summed E-state index contributed by atoms with van der Waals surface area (Å²) in [6.07, 6.45) is 3.66. The fourth-order valence-corrected chi connectivity index (χ4v) is 2.90. The monoisotopic (exact) mass is 304 g/mol. The van der Waals surface area contributed by atoms with Gasteiger partial charge in [-0.2, -0.15) is 10.2 Å². The normalized spacial score (nSPS) is 14.9. The number of fused-ring (bicyclic) bond motifs is 2. The number of hydrogen-bond donors (Lipinski definition) is 1. The van der Waals surface area contributed by atoms with Crippen molar-refractivity contribution in [1.82, 2.24) is 10.2 Å². The maximum atomic E-state index is 5.31. The van der Waals surface area contributed by atoms with Crippen LogP contribution in [0.4, 0.5) is 5.82 Å². The van der Waals surface area contributed by atoms with E-state index in [2.05, 4.69) is 26.8 Å². The van der Waals surface area contributed by atoms with Crippen molar-refractivity contribution in [1.29, 1.82) is 0 Å². The van der Waals surface area contributed by atoms with Gasteiger partial charge in [-0.15, -0.1) is 5.10 Å². The van der Waals surface area contributed by atoms with Crippen LogP contribution in [0.25, 0.3) is 10.8 Å². The molecule has 4 rings (SSSR count). The smallest absolute Gasteiger partial charge is 0.176 e. The van der Waals surface area contributed by atoms with E-state index >= 15 is 0 Å². The van der Waals surface area contributed by atoms with E-state index in [9.17, 15) is 0 Å². The number of hydrazone groups is 1. The van der Waals surface area contributed by atoms with Crippen molar-refractivity contribution in [3.05, 3.63) is 59.8 Å². The Morgan fingerprint density at radius 1 is 1.13 bits per heavy atom.